The minimum Gasteiger partial charge on any atom is -0.303 e. The van der Waals surface area contributed by atoms with E-state index in [0.717, 1.165) is 23.4 Å². The number of halogens is 1. The summed E-state index contributed by atoms with van der Waals surface area (Å²) in [4.78, 5) is 14.7. The first-order valence-electron chi connectivity index (χ1n) is 5.87. The average Bonchev–Trinajstić information content (AvgIpc) is 2.75. The molecule has 2 rings (SSSR count). The molecule has 0 saturated carbocycles. The number of aromatic nitrogens is 2. The number of nitrogens with zero attached hydrogens (tertiary/aromatic N) is 2. The summed E-state index contributed by atoms with van der Waals surface area (Å²) in [5.41, 5.74) is 1.99. The fourth-order valence-corrected chi connectivity index (χ4v) is 2.22. The predicted molar refractivity (Wildman–Crippen MR) is 72.4 cm³/mol. The summed E-state index contributed by atoms with van der Waals surface area (Å²) in [6, 6.07) is 5.90. The number of hydrogen-bond donors (Lipinski definition) is 0. The van der Waals surface area contributed by atoms with Crippen LogP contribution in [-0.2, 0) is 4.79 Å². The molecule has 0 spiro atoms. The van der Waals surface area contributed by atoms with Gasteiger partial charge in [0.05, 0.1) is 10.7 Å². The maximum absolute atomic E-state index is 10.5. The molecular weight excluding hydrogens is 248 g/mol. The molecule has 0 N–H and O–H groups in total. The van der Waals surface area contributed by atoms with Crippen LogP contribution >= 0.6 is 11.6 Å². The molecular formula is C14H15ClN2O. The predicted octanol–water partition coefficient (Wildman–Crippen LogP) is 3.53. The van der Waals surface area contributed by atoms with Crippen molar-refractivity contribution < 1.29 is 4.79 Å². The van der Waals surface area contributed by atoms with E-state index in [1.165, 1.54) is 0 Å². The number of hydrogen-bond acceptors (Lipinski definition) is 2. The lowest BCUT2D eigenvalue weighted by atomic mass is 9.98. The van der Waals surface area contributed by atoms with Crippen molar-refractivity contribution in [2.24, 2.45) is 0 Å². The highest BCUT2D eigenvalue weighted by molar-refractivity contribution is 6.32. The maximum Gasteiger partial charge on any atom is 0.120 e. The minimum atomic E-state index is 0.193. The fraction of sp³-hybridized carbons (Fsp3) is 0.286. The highest BCUT2D eigenvalue weighted by Gasteiger charge is 2.10. The van der Waals surface area contributed by atoms with Crippen molar-refractivity contribution in [3.05, 3.63) is 47.0 Å². The molecule has 0 aliphatic rings. The van der Waals surface area contributed by atoms with Crippen molar-refractivity contribution in [2.45, 2.75) is 26.2 Å². The molecule has 0 amide bonds. The molecule has 94 valence electrons. The largest absolute Gasteiger partial charge is 0.303 e. The third-order valence-corrected chi connectivity index (χ3v) is 3.38. The first kappa shape index (κ1) is 12.8. The first-order chi connectivity index (χ1) is 8.63. The molecule has 0 saturated heterocycles. The number of carbonyl (C=O) groups is 1. The van der Waals surface area contributed by atoms with Crippen LogP contribution in [0.4, 0.5) is 0 Å². The van der Waals surface area contributed by atoms with Gasteiger partial charge in [0, 0.05) is 18.8 Å². The number of benzene rings is 1. The van der Waals surface area contributed by atoms with Crippen molar-refractivity contribution >= 4 is 17.9 Å². The average molecular weight is 263 g/mol. The van der Waals surface area contributed by atoms with Gasteiger partial charge in [-0.15, -0.1) is 0 Å². The van der Waals surface area contributed by atoms with Gasteiger partial charge in [-0.3, -0.25) is 0 Å². The summed E-state index contributed by atoms with van der Waals surface area (Å²) in [5, 5.41) is 0.673. The minimum absolute atomic E-state index is 0.193. The van der Waals surface area contributed by atoms with Crippen molar-refractivity contribution in [3.8, 4) is 5.69 Å². The number of aldehydes is 1. The Labute approximate surface area is 111 Å². The molecule has 0 bridgehead atoms. The van der Waals surface area contributed by atoms with Gasteiger partial charge in [0.2, 0.25) is 0 Å². The molecule has 2 aromatic rings. The third kappa shape index (κ3) is 2.46. The van der Waals surface area contributed by atoms with Crippen LogP contribution in [0.5, 0.6) is 0 Å². The smallest absolute Gasteiger partial charge is 0.120 e. The van der Waals surface area contributed by atoms with E-state index in [1.54, 1.807) is 6.20 Å². The fourth-order valence-electron chi connectivity index (χ4n) is 1.94. The summed E-state index contributed by atoms with van der Waals surface area (Å²) in [7, 11) is 0. The normalized spacial score (nSPS) is 12.4. The van der Waals surface area contributed by atoms with Gasteiger partial charge in [0.1, 0.15) is 12.1 Å². The molecule has 0 fully saturated rings. The molecule has 1 atom stereocenters. The lowest BCUT2D eigenvalue weighted by molar-refractivity contribution is -0.108. The van der Waals surface area contributed by atoms with E-state index >= 15 is 0 Å². The van der Waals surface area contributed by atoms with Gasteiger partial charge in [-0.2, -0.15) is 0 Å². The molecule has 0 radical (unpaired) electrons. The zero-order valence-electron chi connectivity index (χ0n) is 10.4. The number of carbonyl (C=O) groups excluding carboxylic acids is 1. The van der Waals surface area contributed by atoms with Crippen molar-refractivity contribution in [1.82, 2.24) is 9.55 Å². The third-order valence-electron chi connectivity index (χ3n) is 3.08. The molecule has 0 aliphatic carbocycles. The van der Waals surface area contributed by atoms with Gasteiger partial charge in [-0.05, 0) is 30.5 Å². The molecule has 1 unspecified atom stereocenters. The van der Waals surface area contributed by atoms with E-state index in [9.17, 15) is 4.79 Å². The van der Waals surface area contributed by atoms with Crippen LogP contribution in [0.3, 0.4) is 0 Å². The second kappa shape index (κ2) is 5.36. The van der Waals surface area contributed by atoms with E-state index < -0.39 is 0 Å². The quantitative estimate of drug-likeness (QED) is 0.790. The monoisotopic (exact) mass is 262 g/mol. The Bertz CT molecular complexity index is 563. The van der Waals surface area contributed by atoms with Crippen molar-refractivity contribution in [2.75, 3.05) is 0 Å². The molecule has 0 aliphatic heterocycles. The maximum atomic E-state index is 10.5. The highest BCUT2D eigenvalue weighted by Crippen LogP contribution is 2.27. The van der Waals surface area contributed by atoms with Crippen LogP contribution in [0.1, 0.15) is 30.7 Å². The Morgan fingerprint density at radius 2 is 2.28 bits per heavy atom. The molecule has 4 heteroatoms. The molecule has 1 aromatic carbocycles. The Balaban J connectivity index is 2.37. The lowest BCUT2D eigenvalue weighted by Gasteiger charge is -2.12. The number of rotatable bonds is 4. The number of imidazole rings is 1. The van der Waals surface area contributed by atoms with E-state index in [1.807, 2.05) is 42.8 Å². The molecule has 1 heterocycles. The van der Waals surface area contributed by atoms with Crippen LogP contribution in [0, 0.1) is 6.92 Å². The second-order valence-electron chi connectivity index (χ2n) is 4.36. The van der Waals surface area contributed by atoms with Crippen LogP contribution < -0.4 is 0 Å². The van der Waals surface area contributed by atoms with Gasteiger partial charge in [-0.25, -0.2) is 4.98 Å². The molecule has 1 aromatic heterocycles. The lowest BCUT2D eigenvalue weighted by Crippen LogP contribution is -1.99. The summed E-state index contributed by atoms with van der Waals surface area (Å²) in [5.74, 6) is 1.09. The molecule has 3 nitrogen and oxygen atoms in total. The van der Waals surface area contributed by atoms with E-state index in [0.29, 0.717) is 11.4 Å². The summed E-state index contributed by atoms with van der Waals surface area (Å²) < 4.78 is 1.94. The standard InChI is InChI=1S/C14H15ClN2O/c1-10(5-8-18)12-3-4-14(13(15)9-12)17-7-6-16-11(17)2/h3-4,6-10H,5H2,1-2H3. The van der Waals surface area contributed by atoms with Crippen molar-refractivity contribution in [3.63, 3.8) is 0 Å². The Hall–Kier alpha value is -1.61. The van der Waals surface area contributed by atoms with Gasteiger partial charge in [0.15, 0.2) is 0 Å². The van der Waals surface area contributed by atoms with Crippen LogP contribution in [0.2, 0.25) is 5.02 Å². The van der Waals surface area contributed by atoms with Crippen LogP contribution in [-0.4, -0.2) is 15.8 Å². The summed E-state index contributed by atoms with van der Waals surface area (Å²) >= 11 is 6.30. The SMILES string of the molecule is Cc1nccn1-c1ccc(C(C)CC=O)cc1Cl. The van der Waals surface area contributed by atoms with Gasteiger partial charge in [0.25, 0.3) is 0 Å². The van der Waals surface area contributed by atoms with E-state index in [-0.39, 0.29) is 5.92 Å². The van der Waals surface area contributed by atoms with Crippen LogP contribution in [0.15, 0.2) is 30.6 Å². The Morgan fingerprint density at radius 3 is 2.83 bits per heavy atom. The van der Waals surface area contributed by atoms with Gasteiger partial charge in [-0.1, -0.05) is 24.6 Å². The second-order valence-corrected chi connectivity index (χ2v) is 4.77. The van der Waals surface area contributed by atoms with Crippen LogP contribution in [0.25, 0.3) is 5.69 Å². The van der Waals surface area contributed by atoms with E-state index in [4.69, 9.17) is 11.6 Å². The van der Waals surface area contributed by atoms with Gasteiger partial charge < -0.3 is 9.36 Å². The number of aryl methyl sites for hydroxylation is 1. The first-order valence-corrected chi connectivity index (χ1v) is 6.24. The zero-order chi connectivity index (χ0) is 13.1. The topological polar surface area (TPSA) is 34.9 Å². The Kier molecular flexibility index (Phi) is 3.82. The summed E-state index contributed by atoms with van der Waals surface area (Å²) in [6.45, 7) is 3.95. The van der Waals surface area contributed by atoms with Crippen molar-refractivity contribution in [1.29, 1.82) is 0 Å². The van der Waals surface area contributed by atoms with E-state index in [2.05, 4.69) is 4.98 Å². The Morgan fingerprint density at radius 1 is 1.50 bits per heavy atom. The molecule has 18 heavy (non-hydrogen) atoms. The zero-order valence-corrected chi connectivity index (χ0v) is 11.2. The highest BCUT2D eigenvalue weighted by atomic mass is 35.5. The summed E-state index contributed by atoms with van der Waals surface area (Å²) in [6.07, 6.45) is 5.08. The van der Waals surface area contributed by atoms with Gasteiger partial charge >= 0.3 is 0 Å².